The highest BCUT2D eigenvalue weighted by Crippen LogP contribution is 2.20. The molecule has 8 aliphatic carbocycles. The lowest BCUT2D eigenvalue weighted by Crippen LogP contribution is -1.85. The van der Waals surface area contributed by atoms with Crippen LogP contribution in [0.25, 0.3) is 0 Å². The quantitative estimate of drug-likeness (QED) is 0.215. The zero-order chi connectivity index (χ0) is 39.6. The first-order chi connectivity index (χ1) is 28.0. The molecule has 8 aliphatic rings. The molecule has 0 saturated heterocycles. The molecular formula is C56H112. The minimum Gasteiger partial charge on any atom is -0.0533 e. The van der Waals surface area contributed by atoms with Crippen LogP contribution in [-0.4, -0.2) is 0 Å². The Morgan fingerprint density at radius 1 is 0.0357 bits per heavy atom. The van der Waals surface area contributed by atoms with Gasteiger partial charge in [-0.1, -0.05) is 360 Å². The molecule has 0 unspecified atom stereocenters. The van der Waals surface area contributed by atoms with E-state index in [9.17, 15) is 0 Å². The zero-order valence-electron chi connectivity index (χ0n) is 39.6. The van der Waals surface area contributed by atoms with Crippen molar-refractivity contribution < 1.29 is 0 Å². The Bertz CT molecular complexity index is 421. The third kappa shape index (κ3) is 48.4. The van der Waals surface area contributed by atoms with Crippen molar-refractivity contribution in [2.24, 2.45) is 0 Å². The second-order valence-corrected chi connectivity index (χ2v) is 19.8. The molecule has 0 heterocycles. The maximum absolute atomic E-state index is 1.50. The molecule has 0 heteroatoms. The molecule has 0 aromatic heterocycles. The monoisotopic (exact) mass is 785 g/mol. The van der Waals surface area contributed by atoms with Crippen LogP contribution >= 0.6 is 0 Å². The summed E-state index contributed by atoms with van der Waals surface area (Å²) in [7, 11) is 0. The highest BCUT2D eigenvalue weighted by molar-refractivity contribution is 4.56. The number of hydrogen-bond donors (Lipinski definition) is 0. The molecule has 336 valence electrons. The Balaban J connectivity index is 0.000000321. The standard InChI is InChI=1S/3C8H16.3C7H14.C6H12.C5H10/c3*1-2-4-6-8-7-5-3-1;3*1-2-4-6-7-5-3-1;1-2-4-6-5-3-1;1-2-4-5-3-1/h3*1-8H2;3*1-7H2;1-6H2;1-5H2. The summed E-state index contributed by atoms with van der Waals surface area (Å²) in [6.45, 7) is 0. The highest BCUT2D eigenvalue weighted by Gasteiger charge is 2.00. The van der Waals surface area contributed by atoms with Gasteiger partial charge >= 0.3 is 0 Å². The van der Waals surface area contributed by atoms with Gasteiger partial charge in [0.25, 0.3) is 0 Å². The second-order valence-electron chi connectivity index (χ2n) is 19.8. The first-order valence-corrected chi connectivity index (χ1v) is 28.0. The van der Waals surface area contributed by atoms with Crippen LogP contribution in [0, 0.1) is 0 Å². The van der Waals surface area contributed by atoms with Crippen molar-refractivity contribution in [3.05, 3.63) is 0 Å². The molecule has 0 nitrogen and oxygen atoms in total. The molecular weight excluding hydrogens is 673 g/mol. The van der Waals surface area contributed by atoms with E-state index < -0.39 is 0 Å². The van der Waals surface area contributed by atoms with E-state index in [4.69, 9.17) is 0 Å². The lowest BCUT2D eigenvalue weighted by atomic mass is 10.0. The van der Waals surface area contributed by atoms with Gasteiger partial charge in [0.1, 0.15) is 0 Å². The van der Waals surface area contributed by atoms with Gasteiger partial charge in [-0.15, -0.1) is 0 Å². The Labute approximate surface area is 358 Å². The third-order valence-electron chi connectivity index (χ3n) is 14.0. The minimum absolute atomic E-state index is 1.50. The summed E-state index contributed by atoms with van der Waals surface area (Å²) in [6.07, 6.45) is 84.0. The van der Waals surface area contributed by atoms with Crippen LogP contribution in [0.2, 0.25) is 0 Å². The molecule has 8 fully saturated rings. The van der Waals surface area contributed by atoms with Gasteiger partial charge in [0.2, 0.25) is 0 Å². The average Bonchev–Trinajstić information content (AvgIpc) is 3.42. The van der Waals surface area contributed by atoms with Crippen molar-refractivity contribution in [3.8, 4) is 0 Å². The van der Waals surface area contributed by atoms with Gasteiger partial charge in [-0.3, -0.25) is 0 Å². The second kappa shape index (κ2) is 51.1. The van der Waals surface area contributed by atoms with E-state index in [2.05, 4.69) is 0 Å². The molecule has 8 saturated carbocycles. The van der Waals surface area contributed by atoms with Crippen LogP contribution in [0.4, 0.5) is 0 Å². The topological polar surface area (TPSA) is 0 Å². The first kappa shape index (κ1) is 54.0. The van der Waals surface area contributed by atoms with E-state index in [1.54, 1.807) is 0 Å². The van der Waals surface area contributed by atoms with Gasteiger partial charge < -0.3 is 0 Å². The predicted octanol–water partition coefficient (Wildman–Crippen LogP) is 21.8. The van der Waals surface area contributed by atoms with E-state index in [-0.39, 0.29) is 0 Å². The summed E-state index contributed by atoms with van der Waals surface area (Å²) < 4.78 is 0. The van der Waals surface area contributed by atoms with Crippen molar-refractivity contribution in [1.29, 1.82) is 0 Å². The van der Waals surface area contributed by atoms with Crippen molar-refractivity contribution in [2.75, 3.05) is 0 Å². The molecule has 8 rings (SSSR count). The molecule has 0 aliphatic heterocycles. The predicted molar refractivity (Wildman–Crippen MR) is 259 cm³/mol. The van der Waals surface area contributed by atoms with Crippen molar-refractivity contribution in [2.45, 2.75) is 360 Å². The van der Waals surface area contributed by atoms with Gasteiger partial charge in [0, 0.05) is 0 Å². The van der Waals surface area contributed by atoms with Gasteiger partial charge in [-0.2, -0.15) is 0 Å². The summed E-state index contributed by atoms with van der Waals surface area (Å²) in [5.74, 6) is 0. The normalized spacial score (nSPS) is 24.0. The Kier molecular flexibility index (Phi) is 49.3. The zero-order valence-corrected chi connectivity index (χ0v) is 39.6. The Morgan fingerprint density at radius 3 is 0.0714 bits per heavy atom. The molecule has 0 bridgehead atoms. The van der Waals surface area contributed by atoms with Crippen molar-refractivity contribution >= 4 is 0 Å². The summed E-state index contributed by atoms with van der Waals surface area (Å²) in [5, 5.41) is 0. The first-order valence-electron chi connectivity index (χ1n) is 28.0. The lowest BCUT2D eigenvalue weighted by Gasteiger charge is -2.05. The van der Waals surface area contributed by atoms with E-state index in [0.29, 0.717) is 0 Å². The van der Waals surface area contributed by atoms with Crippen LogP contribution in [0.1, 0.15) is 360 Å². The smallest absolute Gasteiger partial charge is 0.0533 e. The van der Waals surface area contributed by atoms with Gasteiger partial charge in [-0.05, 0) is 0 Å². The SMILES string of the molecule is C1CCCC1.C1CCCCC1.C1CCCCCC1.C1CCCCCC1.C1CCCCCC1.C1CCCCCCC1.C1CCCCCCC1.C1CCCCCCC1. The van der Waals surface area contributed by atoms with Crippen LogP contribution in [0.3, 0.4) is 0 Å². The van der Waals surface area contributed by atoms with Crippen LogP contribution in [0.15, 0.2) is 0 Å². The fourth-order valence-corrected chi connectivity index (χ4v) is 9.90. The van der Waals surface area contributed by atoms with Crippen molar-refractivity contribution in [3.63, 3.8) is 0 Å². The molecule has 0 amide bonds. The van der Waals surface area contributed by atoms with E-state index >= 15 is 0 Å². The molecule has 0 atom stereocenters. The summed E-state index contributed by atoms with van der Waals surface area (Å²) >= 11 is 0. The summed E-state index contributed by atoms with van der Waals surface area (Å²) in [5.41, 5.74) is 0. The van der Waals surface area contributed by atoms with Crippen LogP contribution in [0.5, 0.6) is 0 Å². The lowest BCUT2D eigenvalue weighted by molar-refractivity contribution is 0.504. The molecule has 0 spiro atoms. The van der Waals surface area contributed by atoms with Crippen molar-refractivity contribution in [1.82, 2.24) is 0 Å². The maximum atomic E-state index is 1.50. The molecule has 0 aromatic carbocycles. The Morgan fingerprint density at radius 2 is 0.0536 bits per heavy atom. The van der Waals surface area contributed by atoms with Crippen LogP contribution < -0.4 is 0 Å². The average molecular weight is 786 g/mol. The highest BCUT2D eigenvalue weighted by atomic mass is 14.1. The van der Waals surface area contributed by atoms with Gasteiger partial charge in [-0.25, -0.2) is 0 Å². The van der Waals surface area contributed by atoms with E-state index in [1.165, 1.54) is 360 Å². The molecule has 0 N–H and O–H groups in total. The maximum Gasteiger partial charge on any atom is -0.0533 e. The van der Waals surface area contributed by atoms with E-state index in [0.717, 1.165) is 0 Å². The largest absolute Gasteiger partial charge is 0.0533 e. The fourth-order valence-electron chi connectivity index (χ4n) is 9.90. The van der Waals surface area contributed by atoms with E-state index in [1.807, 2.05) is 0 Å². The van der Waals surface area contributed by atoms with Gasteiger partial charge in [0.15, 0.2) is 0 Å². The molecule has 0 aromatic rings. The summed E-state index contributed by atoms with van der Waals surface area (Å²) in [6, 6.07) is 0. The fraction of sp³-hybridized carbons (Fsp3) is 1.00. The summed E-state index contributed by atoms with van der Waals surface area (Å²) in [4.78, 5) is 0. The number of hydrogen-bond acceptors (Lipinski definition) is 0. The molecule has 56 heavy (non-hydrogen) atoms. The van der Waals surface area contributed by atoms with Crippen LogP contribution in [-0.2, 0) is 0 Å². The Hall–Kier alpha value is 0. The third-order valence-corrected chi connectivity index (χ3v) is 14.0. The number of rotatable bonds is 0. The molecule has 0 radical (unpaired) electrons. The van der Waals surface area contributed by atoms with Gasteiger partial charge in [0.05, 0.1) is 0 Å². The minimum atomic E-state index is 1.50.